The van der Waals surface area contributed by atoms with Crippen molar-refractivity contribution in [3.05, 3.63) is 130 Å². The fourth-order valence-electron chi connectivity index (χ4n) is 3.58. The van der Waals surface area contributed by atoms with Crippen molar-refractivity contribution in [2.45, 2.75) is 5.54 Å². The van der Waals surface area contributed by atoms with Crippen LogP contribution in [0.4, 0.5) is 0 Å². The number of halogens is 2. The second-order valence-electron chi connectivity index (χ2n) is 6.26. The lowest BCUT2D eigenvalue weighted by atomic mass is 9.76. The summed E-state index contributed by atoms with van der Waals surface area (Å²) < 4.78 is 0. The van der Waals surface area contributed by atoms with Crippen LogP contribution < -0.4 is 5.43 Å². The molecule has 1 aliphatic rings. The summed E-state index contributed by atoms with van der Waals surface area (Å²) in [6.45, 7) is 0. The molecule has 1 aliphatic heterocycles. The number of rotatable bonds is 4. The molecule has 27 heavy (non-hydrogen) atoms. The van der Waals surface area contributed by atoms with Crippen molar-refractivity contribution < 1.29 is 0 Å². The van der Waals surface area contributed by atoms with Crippen LogP contribution in [0.1, 0.15) is 16.7 Å². The molecule has 3 aromatic carbocycles. The van der Waals surface area contributed by atoms with Gasteiger partial charge in [0, 0.05) is 0 Å². The van der Waals surface area contributed by atoms with Gasteiger partial charge in [-0.3, -0.25) is 10.4 Å². The van der Waals surface area contributed by atoms with Crippen molar-refractivity contribution in [1.82, 2.24) is 10.4 Å². The summed E-state index contributed by atoms with van der Waals surface area (Å²) in [5, 5.41) is 2.99. The van der Waals surface area contributed by atoms with Crippen molar-refractivity contribution in [2.75, 3.05) is 0 Å². The van der Waals surface area contributed by atoms with E-state index in [-0.39, 0.29) is 0 Å². The number of nitrogens with one attached hydrogen (secondary N) is 1. The van der Waals surface area contributed by atoms with Gasteiger partial charge in [-0.25, -0.2) is 0 Å². The molecule has 134 valence electrons. The molecule has 0 aromatic heterocycles. The minimum absolute atomic E-state index is 0.506. The number of hydrogen-bond donors (Lipinski definition) is 1. The number of nitrogens with zero attached hydrogens (tertiary/aromatic N) is 1. The van der Waals surface area contributed by atoms with Crippen molar-refractivity contribution in [1.29, 1.82) is 0 Å². The molecule has 0 radical (unpaired) electrons. The minimum Gasteiger partial charge on any atom is -0.285 e. The summed E-state index contributed by atoms with van der Waals surface area (Å²) in [4.78, 5) is 0. The molecular formula is C23H18Cl2N2. The molecule has 4 heteroatoms. The van der Waals surface area contributed by atoms with Crippen molar-refractivity contribution in [2.24, 2.45) is 0 Å². The maximum absolute atomic E-state index is 6.70. The van der Waals surface area contributed by atoms with E-state index in [0.29, 0.717) is 10.3 Å². The number of hydrogen-bond acceptors (Lipinski definition) is 2. The first-order valence-corrected chi connectivity index (χ1v) is 9.45. The number of benzene rings is 3. The summed E-state index contributed by atoms with van der Waals surface area (Å²) in [5.74, 6) is 0. The lowest BCUT2D eigenvalue weighted by molar-refractivity contribution is 0.171. The van der Waals surface area contributed by atoms with Crippen molar-refractivity contribution in [3.8, 4) is 0 Å². The molecule has 0 spiro atoms. The lowest BCUT2D eigenvalue weighted by Crippen LogP contribution is -2.53. The van der Waals surface area contributed by atoms with E-state index in [2.05, 4.69) is 41.8 Å². The van der Waals surface area contributed by atoms with Crippen LogP contribution in [-0.2, 0) is 5.54 Å². The maximum atomic E-state index is 6.70. The van der Waals surface area contributed by atoms with E-state index in [0.717, 1.165) is 16.7 Å². The van der Waals surface area contributed by atoms with E-state index in [9.17, 15) is 0 Å². The molecule has 0 aliphatic carbocycles. The number of hydrazine groups is 1. The molecule has 4 rings (SSSR count). The third-order valence-electron chi connectivity index (χ3n) is 4.71. The predicted molar refractivity (Wildman–Crippen MR) is 112 cm³/mol. The molecule has 0 bridgehead atoms. The molecule has 3 aromatic rings. The molecule has 1 heterocycles. The third kappa shape index (κ3) is 3.12. The van der Waals surface area contributed by atoms with E-state index < -0.39 is 5.54 Å². The molecule has 0 unspecified atom stereocenters. The number of allylic oxidation sites excluding steroid dienone is 2. The van der Waals surface area contributed by atoms with Crippen LogP contribution in [0, 0.1) is 0 Å². The van der Waals surface area contributed by atoms with E-state index in [4.69, 9.17) is 23.2 Å². The van der Waals surface area contributed by atoms with Gasteiger partial charge in [0.2, 0.25) is 0 Å². The fraction of sp³-hybridized carbons (Fsp3) is 0.0435. The molecule has 2 nitrogen and oxygen atoms in total. The first kappa shape index (κ1) is 17.7. The second kappa shape index (κ2) is 7.51. The summed E-state index contributed by atoms with van der Waals surface area (Å²) in [6.07, 6.45) is 3.57. The van der Waals surface area contributed by atoms with Gasteiger partial charge in [-0.15, -0.1) is 0 Å². The summed E-state index contributed by atoms with van der Waals surface area (Å²) in [6, 6.07) is 30.9. The van der Waals surface area contributed by atoms with Gasteiger partial charge in [0.05, 0.1) is 0 Å². The average molecular weight is 393 g/mol. The van der Waals surface area contributed by atoms with Crippen LogP contribution in [0.5, 0.6) is 0 Å². The van der Waals surface area contributed by atoms with Gasteiger partial charge in [0.15, 0.2) is 0 Å². The lowest BCUT2D eigenvalue weighted by Gasteiger charge is -2.47. The third-order valence-corrected chi connectivity index (χ3v) is 5.22. The zero-order valence-corrected chi connectivity index (χ0v) is 16.0. The van der Waals surface area contributed by atoms with Gasteiger partial charge in [0.1, 0.15) is 15.9 Å². The van der Waals surface area contributed by atoms with Crippen LogP contribution in [0.3, 0.4) is 0 Å². The molecule has 1 N–H and O–H groups in total. The first-order chi connectivity index (χ1) is 13.2. The van der Waals surface area contributed by atoms with E-state index >= 15 is 0 Å². The zero-order valence-electron chi connectivity index (χ0n) is 14.5. The Hall–Kier alpha value is -2.68. The molecule has 0 atom stereocenters. The second-order valence-corrected chi connectivity index (χ2v) is 7.05. The van der Waals surface area contributed by atoms with Gasteiger partial charge in [-0.1, -0.05) is 114 Å². The average Bonchev–Trinajstić information content (AvgIpc) is 2.73. The van der Waals surface area contributed by atoms with Crippen LogP contribution in [0.15, 0.2) is 113 Å². The molecule has 0 saturated heterocycles. The van der Waals surface area contributed by atoms with E-state index in [1.807, 2.05) is 65.7 Å². The van der Waals surface area contributed by atoms with Gasteiger partial charge in [0.25, 0.3) is 0 Å². The van der Waals surface area contributed by atoms with Crippen LogP contribution in [0.2, 0.25) is 0 Å². The van der Waals surface area contributed by atoms with E-state index in [1.54, 1.807) is 6.08 Å². The highest BCUT2D eigenvalue weighted by Crippen LogP contribution is 2.44. The van der Waals surface area contributed by atoms with Crippen LogP contribution in [-0.4, -0.2) is 5.01 Å². The standard InChI is InChI=1S/C23H18Cl2N2/c24-21-16-17-22(25)27(26-21)23(18-10-4-1-5-11-18,19-12-6-2-7-13-19)20-14-8-3-9-15-20/h1-17,26H. The summed E-state index contributed by atoms with van der Waals surface area (Å²) >= 11 is 13.1. The van der Waals surface area contributed by atoms with Gasteiger partial charge >= 0.3 is 0 Å². The fourth-order valence-corrected chi connectivity index (χ4v) is 3.96. The van der Waals surface area contributed by atoms with Crippen LogP contribution in [0.25, 0.3) is 0 Å². The Balaban J connectivity index is 2.07. The summed E-state index contributed by atoms with van der Waals surface area (Å²) in [5.41, 5.74) is 5.79. The maximum Gasteiger partial charge on any atom is 0.137 e. The Morgan fingerprint density at radius 1 is 0.593 bits per heavy atom. The Morgan fingerprint density at radius 3 is 1.41 bits per heavy atom. The molecule has 0 saturated carbocycles. The first-order valence-electron chi connectivity index (χ1n) is 8.69. The quantitative estimate of drug-likeness (QED) is 0.435. The monoisotopic (exact) mass is 392 g/mol. The Bertz CT molecular complexity index is 870. The highest BCUT2D eigenvalue weighted by Gasteiger charge is 2.44. The molecular weight excluding hydrogens is 375 g/mol. The minimum atomic E-state index is -0.703. The zero-order chi connectivity index (χ0) is 18.7. The normalized spacial score (nSPS) is 14.2. The van der Waals surface area contributed by atoms with Gasteiger partial charge in [-0.05, 0) is 28.8 Å². The smallest absolute Gasteiger partial charge is 0.137 e. The van der Waals surface area contributed by atoms with E-state index in [1.165, 1.54) is 0 Å². The van der Waals surface area contributed by atoms with Gasteiger partial charge < -0.3 is 0 Å². The van der Waals surface area contributed by atoms with Crippen molar-refractivity contribution in [3.63, 3.8) is 0 Å². The Labute approximate surface area is 169 Å². The Morgan fingerprint density at radius 2 is 1.00 bits per heavy atom. The largest absolute Gasteiger partial charge is 0.285 e. The molecule has 0 fully saturated rings. The highest BCUT2D eigenvalue weighted by atomic mass is 35.5. The van der Waals surface area contributed by atoms with Gasteiger partial charge in [-0.2, -0.15) is 0 Å². The van der Waals surface area contributed by atoms with Crippen LogP contribution >= 0.6 is 23.2 Å². The highest BCUT2D eigenvalue weighted by molar-refractivity contribution is 6.31. The van der Waals surface area contributed by atoms with Crippen molar-refractivity contribution >= 4 is 23.2 Å². The predicted octanol–water partition coefficient (Wildman–Crippen LogP) is 5.96. The summed E-state index contributed by atoms with van der Waals surface area (Å²) in [7, 11) is 0. The molecule has 0 amide bonds. The Kier molecular flexibility index (Phi) is 4.93. The SMILES string of the molecule is ClC1=CC=C(Cl)N(C(c2ccccc2)(c2ccccc2)c2ccccc2)N1. The topological polar surface area (TPSA) is 15.3 Å².